The van der Waals surface area contributed by atoms with Crippen LogP contribution < -0.4 is 5.73 Å². The Bertz CT molecular complexity index is 2310. The maximum atomic E-state index is 13.6. The van der Waals surface area contributed by atoms with Crippen LogP contribution >= 0.6 is 0 Å². The topological polar surface area (TPSA) is 170 Å². The molecular formula is C38H41N11O3. The maximum Gasteiger partial charge on any atom is 0.275 e. The first-order chi connectivity index (χ1) is 25.4. The number of ether oxygens (including phenoxy) is 1. The number of rotatable bonds is 5. The molecule has 2 fully saturated rings. The van der Waals surface area contributed by atoms with Crippen molar-refractivity contribution in [2.75, 3.05) is 32.5 Å². The Balaban J connectivity index is 1.12. The van der Waals surface area contributed by atoms with Crippen LogP contribution in [0.5, 0.6) is 0 Å². The van der Waals surface area contributed by atoms with Crippen LogP contribution in [0.4, 0.5) is 5.69 Å². The van der Waals surface area contributed by atoms with E-state index in [1.807, 2.05) is 28.0 Å². The average molecular weight is 700 g/mol. The number of nitriles is 1. The molecule has 14 nitrogen and oxygen atoms in total. The van der Waals surface area contributed by atoms with Gasteiger partial charge in [0.2, 0.25) is 0 Å². The third kappa shape index (κ3) is 4.48. The zero-order valence-electron chi connectivity index (χ0n) is 29.5. The number of anilines is 1. The van der Waals surface area contributed by atoms with Crippen molar-refractivity contribution in [2.45, 2.75) is 94.8 Å². The number of fused-ring (bicyclic) bond motifs is 6. The lowest BCUT2D eigenvalue weighted by atomic mass is 9.61. The maximum absolute atomic E-state index is 13.6. The number of aromatic nitrogens is 7. The number of carbonyl (C=O) groups excluding carboxylic acids is 1. The first kappa shape index (κ1) is 31.6. The van der Waals surface area contributed by atoms with Gasteiger partial charge in [-0.2, -0.15) is 15.5 Å². The molecule has 2 aliphatic carbocycles. The van der Waals surface area contributed by atoms with Crippen molar-refractivity contribution in [1.29, 1.82) is 5.26 Å². The number of hydrogen-bond acceptors (Lipinski definition) is 11. The zero-order valence-corrected chi connectivity index (χ0v) is 29.5. The first-order valence-corrected chi connectivity index (χ1v) is 18.6. The zero-order chi connectivity index (χ0) is 35.3. The van der Waals surface area contributed by atoms with Gasteiger partial charge < -0.3 is 24.8 Å². The van der Waals surface area contributed by atoms with E-state index in [0.29, 0.717) is 65.7 Å². The van der Waals surface area contributed by atoms with Gasteiger partial charge in [0.25, 0.3) is 5.91 Å². The molecule has 4 aromatic heterocycles. The molecule has 5 aliphatic rings. The summed E-state index contributed by atoms with van der Waals surface area (Å²) < 4.78 is 15.7. The van der Waals surface area contributed by atoms with E-state index in [2.05, 4.69) is 31.0 Å². The third-order valence-electron chi connectivity index (χ3n) is 12.5. The molecule has 0 bridgehead atoms. The van der Waals surface area contributed by atoms with Crippen molar-refractivity contribution in [2.24, 2.45) is 0 Å². The molecule has 0 saturated carbocycles. The van der Waals surface area contributed by atoms with Crippen LogP contribution in [0.3, 0.4) is 0 Å². The molecule has 0 unspecified atom stereocenters. The van der Waals surface area contributed by atoms with Crippen molar-refractivity contribution < 1.29 is 14.1 Å². The van der Waals surface area contributed by atoms with Gasteiger partial charge in [0.05, 0.1) is 47.8 Å². The molecule has 5 aromatic rings. The number of nitrogen functional groups attached to an aromatic ring is 1. The van der Waals surface area contributed by atoms with Crippen molar-refractivity contribution in [3.63, 3.8) is 0 Å². The van der Waals surface area contributed by atoms with Gasteiger partial charge in [-0.1, -0.05) is 11.2 Å². The Kier molecular flexibility index (Phi) is 7.10. The lowest BCUT2D eigenvalue weighted by Gasteiger charge is -2.41. The molecule has 3 aliphatic heterocycles. The van der Waals surface area contributed by atoms with E-state index in [0.717, 1.165) is 97.7 Å². The number of aryl methyl sites for hydroxylation is 1. The van der Waals surface area contributed by atoms with E-state index in [9.17, 15) is 10.1 Å². The Hall–Kier alpha value is -5.13. The summed E-state index contributed by atoms with van der Waals surface area (Å²) in [5, 5.41) is 25.5. The molecule has 1 aromatic carbocycles. The van der Waals surface area contributed by atoms with Crippen LogP contribution in [0.15, 0.2) is 29.0 Å². The molecule has 7 heterocycles. The SMILES string of the molecule is C[C@@H]([C@@H]1CCCN1C)n1ncc2c(-n3cc4c(n3)C(=O)N([C@H]3CCOC3)C4)nc(-c3noc4c3CCC[C@@]43CCCc4ccc(N)c(C#N)c43)nc21. The largest absolute Gasteiger partial charge is 0.398 e. The van der Waals surface area contributed by atoms with Crippen LogP contribution in [0.1, 0.15) is 102 Å². The van der Waals surface area contributed by atoms with Crippen LogP contribution in [-0.4, -0.2) is 89.3 Å². The summed E-state index contributed by atoms with van der Waals surface area (Å²) in [6.07, 6.45) is 12.0. The highest BCUT2D eigenvalue weighted by molar-refractivity contribution is 5.97. The molecule has 14 heteroatoms. The van der Waals surface area contributed by atoms with Crippen molar-refractivity contribution >= 4 is 22.6 Å². The molecule has 2 saturated heterocycles. The van der Waals surface area contributed by atoms with E-state index < -0.39 is 5.41 Å². The van der Waals surface area contributed by atoms with Gasteiger partial charge in [0, 0.05) is 35.7 Å². The minimum Gasteiger partial charge on any atom is -0.398 e. The summed E-state index contributed by atoms with van der Waals surface area (Å²) in [6, 6.07) is 6.77. The molecule has 266 valence electrons. The second-order valence-electron chi connectivity index (χ2n) is 15.3. The molecule has 1 spiro atoms. The Morgan fingerprint density at radius 3 is 2.73 bits per heavy atom. The van der Waals surface area contributed by atoms with Gasteiger partial charge in [0.15, 0.2) is 34.4 Å². The number of likely N-dealkylation sites (tertiary alicyclic amines) is 1. The number of amides is 1. The molecule has 0 radical (unpaired) electrons. The Morgan fingerprint density at radius 1 is 1.10 bits per heavy atom. The third-order valence-corrected chi connectivity index (χ3v) is 12.5. The van der Waals surface area contributed by atoms with E-state index in [4.69, 9.17) is 40.3 Å². The minimum atomic E-state index is -0.498. The summed E-state index contributed by atoms with van der Waals surface area (Å²) in [5.74, 6) is 1.68. The van der Waals surface area contributed by atoms with E-state index in [1.165, 1.54) is 0 Å². The Morgan fingerprint density at radius 2 is 1.96 bits per heavy atom. The van der Waals surface area contributed by atoms with Crippen molar-refractivity contribution in [3.05, 3.63) is 63.8 Å². The molecule has 2 N–H and O–H groups in total. The lowest BCUT2D eigenvalue weighted by Crippen LogP contribution is -2.36. The van der Waals surface area contributed by atoms with E-state index in [-0.39, 0.29) is 18.0 Å². The minimum absolute atomic E-state index is 0.0510. The molecule has 52 heavy (non-hydrogen) atoms. The highest BCUT2D eigenvalue weighted by atomic mass is 16.5. The van der Waals surface area contributed by atoms with Gasteiger partial charge in [0.1, 0.15) is 6.07 Å². The summed E-state index contributed by atoms with van der Waals surface area (Å²) in [4.78, 5) is 28.2. The second-order valence-corrected chi connectivity index (χ2v) is 15.3. The second kappa shape index (κ2) is 11.7. The van der Waals surface area contributed by atoms with Crippen molar-refractivity contribution in [3.8, 4) is 23.4 Å². The number of carbonyl (C=O) groups is 1. The first-order valence-electron chi connectivity index (χ1n) is 18.6. The molecule has 4 atom stereocenters. The fourth-order valence-corrected chi connectivity index (χ4v) is 9.96. The number of benzene rings is 1. The normalized spacial score (nSPS) is 24.8. The summed E-state index contributed by atoms with van der Waals surface area (Å²) in [6.45, 7) is 4.96. The fourth-order valence-electron chi connectivity index (χ4n) is 9.96. The predicted octanol–water partition coefficient (Wildman–Crippen LogP) is 4.48. The number of nitrogens with two attached hydrogens (primary N) is 1. The quantitative estimate of drug-likeness (QED) is 0.257. The predicted molar refractivity (Wildman–Crippen MR) is 190 cm³/mol. The smallest absolute Gasteiger partial charge is 0.275 e. The number of hydrogen-bond donors (Lipinski definition) is 1. The lowest BCUT2D eigenvalue weighted by molar-refractivity contribution is 0.0672. The fraction of sp³-hybridized carbons (Fsp3) is 0.500. The van der Waals surface area contributed by atoms with E-state index in [1.54, 1.807) is 4.68 Å². The van der Waals surface area contributed by atoms with Gasteiger partial charge in [-0.05, 0) is 95.5 Å². The Labute approximate surface area is 300 Å². The molecule has 10 rings (SSSR count). The molecular weight excluding hydrogens is 658 g/mol. The van der Waals surface area contributed by atoms with Gasteiger partial charge in [-0.15, -0.1) is 0 Å². The monoisotopic (exact) mass is 699 g/mol. The standard InChI is InChI=1S/C38H41N11O3/c1-21(29-8-5-14-46(29)2)49-36-27(17-41-49)35(48-19-23-18-47(24-11-15-51-20-24)37(50)31(23)44-48)42-34(43-36)32-25-7-4-13-38(33(25)52-45-32)12-3-6-22-9-10-28(40)26(16-39)30(22)38/h9-10,17,19,21,24,29H,3-8,11-15,18,20,40H2,1-2H3/t21-,24-,29-,38+/m0/s1. The number of likely N-dealkylation sites (N-methyl/N-ethyl adjacent to an activating group) is 1. The average Bonchev–Trinajstić information content (AvgIpc) is 4.01. The summed E-state index contributed by atoms with van der Waals surface area (Å²) >= 11 is 0. The highest BCUT2D eigenvalue weighted by Gasteiger charge is 2.48. The number of nitrogens with zero attached hydrogens (tertiary/aromatic N) is 10. The highest BCUT2D eigenvalue weighted by Crippen LogP contribution is 2.53. The van der Waals surface area contributed by atoms with Gasteiger partial charge >= 0.3 is 0 Å². The van der Waals surface area contributed by atoms with Crippen LogP contribution in [0.2, 0.25) is 0 Å². The van der Waals surface area contributed by atoms with Crippen LogP contribution in [-0.2, 0) is 29.5 Å². The van der Waals surface area contributed by atoms with Crippen LogP contribution in [0.25, 0.3) is 28.4 Å². The summed E-state index contributed by atoms with van der Waals surface area (Å²) in [5.41, 5.74) is 12.6. The van der Waals surface area contributed by atoms with Gasteiger partial charge in [-0.3, -0.25) is 4.79 Å². The summed E-state index contributed by atoms with van der Waals surface area (Å²) in [7, 11) is 2.17. The van der Waals surface area contributed by atoms with Crippen molar-refractivity contribution in [1.82, 2.24) is 44.5 Å². The molecule has 1 amide bonds. The van der Waals surface area contributed by atoms with Crippen LogP contribution in [0, 0.1) is 11.3 Å². The van der Waals surface area contributed by atoms with E-state index >= 15 is 0 Å². The van der Waals surface area contributed by atoms with Gasteiger partial charge in [-0.25, -0.2) is 19.3 Å².